The standard InChI is InChI=1S/C18H32N2O3/c1-2-3-4-5-6-7-8-9-10-16-13-17(23-20-16)11-12-18(19,14-21)15-22/h11-13,21-22H,2-10,14-15,19H2,1H3. The molecule has 1 heterocycles. The van der Waals surface area contributed by atoms with Gasteiger partial charge in [-0.25, -0.2) is 0 Å². The molecule has 1 aromatic heterocycles. The third kappa shape index (κ3) is 8.30. The maximum Gasteiger partial charge on any atom is 0.159 e. The quantitative estimate of drug-likeness (QED) is 0.485. The van der Waals surface area contributed by atoms with Gasteiger partial charge in [0.15, 0.2) is 5.76 Å². The summed E-state index contributed by atoms with van der Waals surface area (Å²) >= 11 is 0. The van der Waals surface area contributed by atoms with Gasteiger partial charge < -0.3 is 20.5 Å². The van der Waals surface area contributed by atoms with Crippen LogP contribution in [0.15, 0.2) is 16.7 Å². The molecule has 23 heavy (non-hydrogen) atoms. The fourth-order valence-corrected chi connectivity index (χ4v) is 2.37. The molecular formula is C18H32N2O3. The lowest BCUT2D eigenvalue weighted by Crippen LogP contribution is -2.45. The van der Waals surface area contributed by atoms with Crippen LogP contribution in [-0.2, 0) is 6.42 Å². The summed E-state index contributed by atoms with van der Waals surface area (Å²) in [7, 11) is 0. The highest BCUT2D eigenvalue weighted by atomic mass is 16.5. The summed E-state index contributed by atoms with van der Waals surface area (Å²) < 4.78 is 5.22. The Morgan fingerprint density at radius 1 is 1.09 bits per heavy atom. The molecule has 0 bridgehead atoms. The monoisotopic (exact) mass is 324 g/mol. The largest absolute Gasteiger partial charge is 0.394 e. The summed E-state index contributed by atoms with van der Waals surface area (Å²) in [6.07, 6.45) is 14.4. The fourth-order valence-electron chi connectivity index (χ4n) is 2.37. The number of hydrogen-bond acceptors (Lipinski definition) is 5. The van der Waals surface area contributed by atoms with Gasteiger partial charge in [-0.1, -0.05) is 63.1 Å². The third-order valence-electron chi connectivity index (χ3n) is 4.03. The Morgan fingerprint density at radius 3 is 2.30 bits per heavy atom. The van der Waals surface area contributed by atoms with Crippen LogP contribution in [0.25, 0.3) is 6.08 Å². The van der Waals surface area contributed by atoms with Crippen LogP contribution in [0.3, 0.4) is 0 Å². The van der Waals surface area contributed by atoms with Crippen LogP contribution < -0.4 is 5.73 Å². The van der Waals surface area contributed by atoms with E-state index in [1.807, 2.05) is 6.07 Å². The first-order valence-electron chi connectivity index (χ1n) is 8.79. The number of unbranched alkanes of at least 4 members (excludes halogenated alkanes) is 7. The zero-order valence-corrected chi connectivity index (χ0v) is 14.3. The first kappa shape index (κ1) is 19.9. The number of aliphatic hydroxyl groups excluding tert-OH is 2. The molecule has 0 aliphatic heterocycles. The second kappa shape index (κ2) is 11.4. The molecule has 1 rings (SSSR count). The molecular weight excluding hydrogens is 292 g/mol. The smallest absolute Gasteiger partial charge is 0.159 e. The van der Waals surface area contributed by atoms with Crippen LogP contribution >= 0.6 is 0 Å². The molecule has 0 fully saturated rings. The normalized spacial score (nSPS) is 12.3. The number of nitrogens with two attached hydrogens (primary N) is 1. The van der Waals surface area contributed by atoms with E-state index in [9.17, 15) is 0 Å². The van der Waals surface area contributed by atoms with E-state index in [4.69, 9.17) is 20.5 Å². The Labute approximate surface area is 139 Å². The molecule has 0 aliphatic carbocycles. The predicted molar refractivity (Wildman–Crippen MR) is 92.9 cm³/mol. The Hall–Kier alpha value is -1.17. The van der Waals surface area contributed by atoms with Gasteiger partial charge in [0, 0.05) is 6.07 Å². The Morgan fingerprint density at radius 2 is 1.70 bits per heavy atom. The topological polar surface area (TPSA) is 92.5 Å². The number of aliphatic hydroxyl groups is 2. The number of aromatic nitrogens is 1. The summed E-state index contributed by atoms with van der Waals surface area (Å²) in [6, 6.07) is 1.88. The molecule has 0 spiro atoms. The maximum absolute atomic E-state index is 9.12. The first-order valence-corrected chi connectivity index (χ1v) is 8.79. The maximum atomic E-state index is 9.12. The number of aryl methyl sites for hydroxylation is 1. The zero-order chi connectivity index (χ0) is 17.0. The van der Waals surface area contributed by atoms with Crippen molar-refractivity contribution in [2.45, 2.75) is 70.3 Å². The highest BCUT2D eigenvalue weighted by Gasteiger charge is 2.18. The van der Waals surface area contributed by atoms with Crippen LogP contribution in [0.1, 0.15) is 69.7 Å². The Balaban J connectivity index is 2.22. The minimum Gasteiger partial charge on any atom is -0.394 e. The number of nitrogens with zero attached hydrogens (tertiary/aromatic N) is 1. The molecule has 4 N–H and O–H groups in total. The summed E-state index contributed by atoms with van der Waals surface area (Å²) in [5.41, 5.74) is 5.58. The van der Waals surface area contributed by atoms with Crippen LogP contribution in [0.2, 0.25) is 0 Å². The van der Waals surface area contributed by atoms with Gasteiger partial charge in [-0.05, 0) is 18.9 Å². The molecule has 1 aromatic rings. The second-order valence-corrected chi connectivity index (χ2v) is 6.33. The highest BCUT2D eigenvalue weighted by molar-refractivity contribution is 5.45. The van der Waals surface area contributed by atoms with Gasteiger partial charge in [0.1, 0.15) is 0 Å². The summed E-state index contributed by atoms with van der Waals surface area (Å²) in [6.45, 7) is 1.60. The van der Waals surface area contributed by atoms with E-state index >= 15 is 0 Å². The van der Waals surface area contributed by atoms with E-state index in [1.54, 1.807) is 12.2 Å². The van der Waals surface area contributed by atoms with Crippen LogP contribution in [0.4, 0.5) is 0 Å². The fraction of sp³-hybridized carbons (Fsp3) is 0.722. The van der Waals surface area contributed by atoms with E-state index in [-0.39, 0.29) is 13.2 Å². The van der Waals surface area contributed by atoms with E-state index in [1.165, 1.54) is 44.9 Å². The van der Waals surface area contributed by atoms with Crippen molar-refractivity contribution in [1.29, 1.82) is 0 Å². The van der Waals surface area contributed by atoms with Gasteiger partial charge in [-0.2, -0.15) is 0 Å². The molecule has 132 valence electrons. The Kier molecular flexibility index (Phi) is 9.83. The van der Waals surface area contributed by atoms with Crippen molar-refractivity contribution in [3.05, 3.63) is 23.6 Å². The molecule has 0 saturated carbocycles. The lowest BCUT2D eigenvalue weighted by molar-refractivity contribution is 0.152. The van der Waals surface area contributed by atoms with Crippen molar-refractivity contribution >= 4 is 6.08 Å². The van der Waals surface area contributed by atoms with Crippen LogP contribution in [0.5, 0.6) is 0 Å². The molecule has 5 nitrogen and oxygen atoms in total. The minimum atomic E-state index is -1.12. The van der Waals surface area contributed by atoms with Gasteiger partial charge in [-0.15, -0.1) is 0 Å². The van der Waals surface area contributed by atoms with Gasteiger partial charge in [0.25, 0.3) is 0 Å². The molecule has 0 unspecified atom stereocenters. The minimum absolute atomic E-state index is 0.320. The zero-order valence-electron chi connectivity index (χ0n) is 14.3. The van der Waals surface area contributed by atoms with E-state index < -0.39 is 5.54 Å². The molecule has 0 radical (unpaired) electrons. The summed E-state index contributed by atoms with van der Waals surface area (Å²) in [5.74, 6) is 0.594. The van der Waals surface area contributed by atoms with Crippen LogP contribution in [0, 0.1) is 0 Å². The van der Waals surface area contributed by atoms with Gasteiger partial charge in [0.2, 0.25) is 0 Å². The third-order valence-corrected chi connectivity index (χ3v) is 4.03. The van der Waals surface area contributed by atoms with Crippen molar-refractivity contribution in [3.63, 3.8) is 0 Å². The van der Waals surface area contributed by atoms with Crippen molar-refractivity contribution in [1.82, 2.24) is 5.16 Å². The number of hydrogen-bond donors (Lipinski definition) is 3. The molecule has 0 amide bonds. The van der Waals surface area contributed by atoms with E-state index in [2.05, 4.69) is 12.1 Å². The van der Waals surface area contributed by atoms with Crippen molar-refractivity contribution in [3.8, 4) is 0 Å². The lowest BCUT2D eigenvalue weighted by atomic mass is 10.0. The van der Waals surface area contributed by atoms with Crippen molar-refractivity contribution < 1.29 is 14.7 Å². The summed E-state index contributed by atoms with van der Waals surface area (Å²) in [4.78, 5) is 0. The predicted octanol–water partition coefficient (Wildman–Crippen LogP) is 3.05. The Bertz CT molecular complexity index is 439. The van der Waals surface area contributed by atoms with Gasteiger partial charge in [0.05, 0.1) is 24.4 Å². The van der Waals surface area contributed by atoms with Gasteiger partial charge >= 0.3 is 0 Å². The molecule has 0 aromatic carbocycles. The van der Waals surface area contributed by atoms with Crippen molar-refractivity contribution in [2.24, 2.45) is 5.73 Å². The van der Waals surface area contributed by atoms with Crippen molar-refractivity contribution in [2.75, 3.05) is 13.2 Å². The molecule has 0 aliphatic rings. The van der Waals surface area contributed by atoms with E-state index in [0.29, 0.717) is 5.76 Å². The number of rotatable bonds is 13. The lowest BCUT2D eigenvalue weighted by Gasteiger charge is -2.19. The average Bonchev–Trinajstić information content (AvgIpc) is 3.03. The first-order chi connectivity index (χ1) is 11.1. The average molecular weight is 324 g/mol. The molecule has 0 atom stereocenters. The van der Waals surface area contributed by atoms with Crippen LogP contribution in [-0.4, -0.2) is 34.1 Å². The van der Waals surface area contributed by atoms with E-state index in [0.717, 1.165) is 18.5 Å². The SMILES string of the molecule is CCCCCCCCCCc1cc(C=CC(N)(CO)CO)on1. The highest BCUT2D eigenvalue weighted by Crippen LogP contribution is 2.13. The molecule has 5 heteroatoms. The summed E-state index contributed by atoms with van der Waals surface area (Å²) in [5, 5.41) is 22.3. The molecule has 0 saturated heterocycles. The van der Waals surface area contributed by atoms with Gasteiger partial charge in [-0.3, -0.25) is 0 Å². The second-order valence-electron chi connectivity index (χ2n) is 6.33.